The number of rotatable bonds is 0. The molecule has 1 aliphatic heterocycles. The zero-order valence-electron chi connectivity index (χ0n) is 7.01. The fourth-order valence-corrected chi connectivity index (χ4v) is 1.87. The molecule has 1 aliphatic rings. The number of aromatic nitrogens is 2. The highest BCUT2D eigenvalue weighted by Crippen LogP contribution is 2.33. The van der Waals surface area contributed by atoms with Crippen LogP contribution in [0.4, 0.5) is 0 Å². The van der Waals surface area contributed by atoms with Gasteiger partial charge in [-0.1, -0.05) is 18.2 Å². The maximum Gasteiger partial charge on any atom is 0.0994 e. The monoisotopic (exact) mass is 171 g/mol. The fourth-order valence-electron chi connectivity index (χ4n) is 1.87. The van der Waals surface area contributed by atoms with Crippen LogP contribution in [0.2, 0.25) is 0 Å². The number of hydrogen-bond acceptors (Lipinski definition) is 2. The van der Waals surface area contributed by atoms with Gasteiger partial charge >= 0.3 is 0 Å². The highest BCUT2D eigenvalue weighted by Gasteiger charge is 2.24. The van der Waals surface area contributed by atoms with E-state index in [1.165, 1.54) is 5.56 Å². The van der Waals surface area contributed by atoms with Gasteiger partial charge in [0, 0.05) is 0 Å². The van der Waals surface area contributed by atoms with Crippen LogP contribution in [0.5, 0.6) is 0 Å². The number of hydrogen-bond donors (Lipinski definition) is 1. The number of para-hydroxylation sites is 1. The van der Waals surface area contributed by atoms with Crippen LogP contribution in [0, 0.1) is 0 Å². The summed E-state index contributed by atoms with van der Waals surface area (Å²) in [6, 6.07) is 8.14. The molecule has 0 amide bonds. The number of nitrogens with two attached hydrogens (primary N) is 1. The van der Waals surface area contributed by atoms with Gasteiger partial charge in [-0.05, 0) is 11.6 Å². The van der Waals surface area contributed by atoms with Crippen molar-refractivity contribution < 1.29 is 0 Å². The van der Waals surface area contributed by atoms with Crippen LogP contribution < -0.4 is 5.73 Å². The van der Waals surface area contributed by atoms with E-state index in [-0.39, 0.29) is 6.04 Å². The molecule has 2 aromatic rings. The summed E-state index contributed by atoms with van der Waals surface area (Å²) in [6.45, 7) is 0. The van der Waals surface area contributed by atoms with Gasteiger partial charge in [-0.3, -0.25) is 0 Å². The first kappa shape index (κ1) is 6.86. The molecule has 1 atom stereocenters. The van der Waals surface area contributed by atoms with Crippen molar-refractivity contribution in [3.8, 4) is 5.69 Å². The second-order valence-electron chi connectivity index (χ2n) is 3.22. The van der Waals surface area contributed by atoms with Crippen molar-refractivity contribution in [1.82, 2.24) is 9.55 Å². The molecule has 0 fully saturated rings. The second-order valence-corrected chi connectivity index (χ2v) is 3.22. The molecule has 3 nitrogen and oxygen atoms in total. The lowest BCUT2D eigenvalue weighted by Crippen LogP contribution is -2.07. The van der Waals surface area contributed by atoms with E-state index < -0.39 is 0 Å². The summed E-state index contributed by atoms with van der Waals surface area (Å²) in [5, 5.41) is 0. The van der Waals surface area contributed by atoms with Gasteiger partial charge in [-0.2, -0.15) is 0 Å². The Morgan fingerprint density at radius 1 is 1.31 bits per heavy atom. The van der Waals surface area contributed by atoms with Gasteiger partial charge in [-0.15, -0.1) is 0 Å². The summed E-state index contributed by atoms with van der Waals surface area (Å²) in [6.07, 6.45) is 3.63. The molecular weight excluding hydrogens is 162 g/mol. The van der Waals surface area contributed by atoms with Gasteiger partial charge < -0.3 is 10.3 Å². The largest absolute Gasteiger partial charge is 0.319 e. The predicted octanol–water partition coefficient (Wildman–Crippen LogP) is 1.23. The standard InChI is InChI=1S/C10H9N3/c11-10-7-3-1-2-4-8(7)13-6-12-5-9(10)13/h1-6,10H,11H2. The Morgan fingerprint density at radius 3 is 3.08 bits per heavy atom. The van der Waals surface area contributed by atoms with Crippen molar-refractivity contribution in [3.05, 3.63) is 48.0 Å². The Morgan fingerprint density at radius 2 is 2.15 bits per heavy atom. The summed E-state index contributed by atoms with van der Waals surface area (Å²) in [5.41, 5.74) is 9.45. The van der Waals surface area contributed by atoms with Crippen molar-refractivity contribution in [2.45, 2.75) is 6.04 Å². The summed E-state index contributed by atoms with van der Waals surface area (Å²) in [7, 11) is 0. The third-order valence-corrected chi connectivity index (χ3v) is 2.52. The van der Waals surface area contributed by atoms with Crippen molar-refractivity contribution in [2.75, 3.05) is 0 Å². The number of imidazole rings is 1. The molecule has 0 radical (unpaired) electrons. The van der Waals surface area contributed by atoms with Crippen molar-refractivity contribution in [1.29, 1.82) is 0 Å². The molecule has 0 spiro atoms. The van der Waals surface area contributed by atoms with Crippen LogP contribution in [-0.4, -0.2) is 9.55 Å². The third-order valence-electron chi connectivity index (χ3n) is 2.52. The highest BCUT2D eigenvalue weighted by molar-refractivity contribution is 5.52. The van der Waals surface area contributed by atoms with Crippen LogP contribution in [0.3, 0.4) is 0 Å². The molecule has 64 valence electrons. The maximum absolute atomic E-state index is 6.04. The SMILES string of the molecule is NC1c2ccccc2-n2cncc21. The molecule has 1 aromatic carbocycles. The van der Waals surface area contributed by atoms with E-state index in [9.17, 15) is 0 Å². The highest BCUT2D eigenvalue weighted by atomic mass is 15.1. The Kier molecular flexibility index (Phi) is 1.16. The summed E-state index contributed by atoms with van der Waals surface area (Å²) in [5.74, 6) is 0. The first-order valence-corrected chi connectivity index (χ1v) is 4.25. The van der Waals surface area contributed by atoms with Gasteiger partial charge in [0.1, 0.15) is 0 Å². The lowest BCUT2D eigenvalue weighted by Gasteiger charge is -2.01. The second kappa shape index (κ2) is 2.20. The average Bonchev–Trinajstić information content (AvgIpc) is 2.72. The minimum absolute atomic E-state index is 0.0151. The topological polar surface area (TPSA) is 43.8 Å². The molecule has 3 heteroatoms. The Labute approximate surface area is 75.8 Å². The van der Waals surface area contributed by atoms with E-state index in [0.717, 1.165) is 11.4 Å². The van der Waals surface area contributed by atoms with Crippen LogP contribution in [0.15, 0.2) is 36.8 Å². The molecule has 0 saturated carbocycles. The van der Waals surface area contributed by atoms with Crippen LogP contribution in [0.25, 0.3) is 5.69 Å². The van der Waals surface area contributed by atoms with Gasteiger partial charge in [0.15, 0.2) is 0 Å². The Hall–Kier alpha value is -1.61. The van der Waals surface area contributed by atoms with E-state index in [0.29, 0.717) is 0 Å². The van der Waals surface area contributed by atoms with Crippen molar-refractivity contribution in [2.24, 2.45) is 5.73 Å². The molecule has 2 N–H and O–H groups in total. The minimum atomic E-state index is -0.0151. The number of benzene rings is 1. The molecule has 0 bridgehead atoms. The molecule has 3 rings (SSSR count). The number of fused-ring (bicyclic) bond motifs is 3. The van der Waals surface area contributed by atoms with Crippen LogP contribution >= 0.6 is 0 Å². The fraction of sp³-hybridized carbons (Fsp3) is 0.100. The van der Waals surface area contributed by atoms with Gasteiger partial charge in [0.05, 0.1) is 29.9 Å². The minimum Gasteiger partial charge on any atom is -0.319 e. The molecule has 13 heavy (non-hydrogen) atoms. The first-order valence-electron chi connectivity index (χ1n) is 4.25. The lowest BCUT2D eigenvalue weighted by atomic mass is 10.1. The Balaban J connectivity index is 2.37. The molecule has 0 saturated heterocycles. The third kappa shape index (κ3) is 0.742. The summed E-state index contributed by atoms with van der Waals surface area (Å²) in [4.78, 5) is 4.08. The maximum atomic E-state index is 6.04. The van der Waals surface area contributed by atoms with Crippen molar-refractivity contribution in [3.63, 3.8) is 0 Å². The molecule has 1 unspecified atom stereocenters. The van der Waals surface area contributed by atoms with E-state index >= 15 is 0 Å². The van der Waals surface area contributed by atoms with E-state index in [1.54, 1.807) is 6.33 Å². The van der Waals surface area contributed by atoms with Gasteiger partial charge in [-0.25, -0.2) is 4.98 Å². The van der Waals surface area contributed by atoms with E-state index in [4.69, 9.17) is 5.73 Å². The predicted molar refractivity (Wildman–Crippen MR) is 49.6 cm³/mol. The average molecular weight is 171 g/mol. The van der Waals surface area contributed by atoms with Crippen LogP contribution in [0.1, 0.15) is 17.3 Å². The zero-order valence-corrected chi connectivity index (χ0v) is 7.01. The van der Waals surface area contributed by atoms with E-state index in [1.807, 2.05) is 22.9 Å². The molecule has 1 aromatic heterocycles. The zero-order chi connectivity index (χ0) is 8.84. The normalized spacial score (nSPS) is 18.4. The summed E-state index contributed by atoms with van der Waals surface area (Å²) < 4.78 is 2.04. The smallest absolute Gasteiger partial charge is 0.0994 e. The first-order chi connectivity index (χ1) is 6.38. The van der Waals surface area contributed by atoms with Crippen molar-refractivity contribution >= 4 is 0 Å². The quantitative estimate of drug-likeness (QED) is 0.648. The van der Waals surface area contributed by atoms with E-state index in [2.05, 4.69) is 17.1 Å². The Bertz CT molecular complexity index is 459. The number of nitrogens with zero attached hydrogens (tertiary/aromatic N) is 2. The summed E-state index contributed by atoms with van der Waals surface area (Å²) >= 11 is 0. The molecule has 0 aliphatic carbocycles. The van der Waals surface area contributed by atoms with Gasteiger partial charge in [0.2, 0.25) is 0 Å². The molecular formula is C10H9N3. The molecule has 2 heterocycles. The lowest BCUT2D eigenvalue weighted by molar-refractivity contribution is 0.864. The van der Waals surface area contributed by atoms with Crippen LogP contribution in [-0.2, 0) is 0 Å². The van der Waals surface area contributed by atoms with Gasteiger partial charge in [0.25, 0.3) is 0 Å².